The van der Waals surface area contributed by atoms with Crippen LogP contribution in [-0.4, -0.2) is 16.2 Å². The van der Waals surface area contributed by atoms with Crippen LogP contribution in [0.25, 0.3) is 10.9 Å². The lowest BCUT2D eigenvalue weighted by molar-refractivity contribution is 1.15. The lowest BCUT2D eigenvalue weighted by Gasteiger charge is -2.01. The van der Waals surface area contributed by atoms with Crippen LogP contribution >= 0.6 is 11.8 Å². The number of pyridine rings is 2. The van der Waals surface area contributed by atoms with Crippen LogP contribution in [0.15, 0.2) is 28.2 Å². The number of aromatic amines is 1. The molecule has 0 aliphatic carbocycles. The zero-order valence-corrected chi connectivity index (χ0v) is 10.8. The summed E-state index contributed by atoms with van der Waals surface area (Å²) in [5.41, 5.74) is 1.79. The first-order chi connectivity index (χ1) is 7.70. The van der Waals surface area contributed by atoms with E-state index in [-0.39, 0.29) is 5.43 Å². The summed E-state index contributed by atoms with van der Waals surface area (Å²) in [5.74, 6) is 0. The molecular weight excluding hydrogens is 220 g/mol. The topological polar surface area (TPSA) is 45.8 Å². The van der Waals surface area contributed by atoms with Crippen LogP contribution in [-0.2, 0) is 0 Å². The highest BCUT2D eigenvalue weighted by Crippen LogP contribution is 2.14. The largest absolute Gasteiger partial charge is 0.349 e. The summed E-state index contributed by atoms with van der Waals surface area (Å²) in [5, 5.41) is 1.53. The molecule has 3 nitrogen and oxygen atoms in total. The van der Waals surface area contributed by atoms with Crippen LogP contribution in [0.4, 0.5) is 0 Å². The smallest absolute Gasteiger partial charge is 0.192 e. The predicted octanol–water partition coefficient (Wildman–Crippen LogP) is 2.98. The van der Waals surface area contributed by atoms with Crippen LogP contribution in [0, 0.1) is 6.92 Å². The van der Waals surface area contributed by atoms with E-state index in [2.05, 4.69) is 9.97 Å². The molecule has 0 radical (unpaired) electrons. The third-order valence-corrected chi connectivity index (χ3v) is 2.71. The van der Waals surface area contributed by atoms with Crippen LogP contribution < -0.4 is 5.43 Å². The van der Waals surface area contributed by atoms with E-state index in [0.717, 1.165) is 16.2 Å². The minimum atomic E-state index is 0.0237. The number of H-pyrrole nitrogens is 1. The van der Waals surface area contributed by atoms with Crippen molar-refractivity contribution in [2.75, 3.05) is 6.26 Å². The molecule has 0 amide bonds. The third kappa shape index (κ3) is 2.64. The lowest BCUT2D eigenvalue weighted by Crippen LogP contribution is -2.03. The monoisotopic (exact) mass is 236 g/mol. The van der Waals surface area contributed by atoms with Gasteiger partial charge < -0.3 is 4.98 Å². The van der Waals surface area contributed by atoms with Gasteiger partial charge in [0.2, 0.25) is 0 Å². The summed E-state index contributed by atoms with van der Waals surface area (Å²) in [4.78, 5) is 18.9. The van der Waals surface area contributed by atoms with Gasteiger partial charge in [-0.15, -0.1) is 11.8 Å². The van der Waals surface area contributed by atoms with Crippen molar-refractivity contribution in [2.45, 2.75) is 25.8 Å². The van der Waals surface area contributed by atoms with Gasteiger partial charge in [-0.2, -0.15) is 0 Å². The Morgan fingerprint density at radius 3 is 2.62 bits per heavy atom. The average molecular weight is 236 g/mol. The summed E-state index contributed by atoms with van der Waals surface area (Å²) in [6, 6.07) is 3.49. The molecule has 0 atom stereocenters. The van der Waals surface area contributed by atoms with E-state index in [1.54, 1.807) is 12.3 Å². The highest BCUT2D eigenvalue weighted by Gasteiger charge is 2.01. The van der Waals surface area contributed by atoms with Crippen LogP contribution in [0.2, 0.25) is 0 Å². The van der Waals surface area contributed by atoms with Crippen LogP contribution in [0.3, 0.4) is 0 Å². The molecule has 0 spiro atoms. The molecule has 0 bridgehead atoms. The quantitative estimate of drug-likeness (QED) is 0.774. The van der Waals surface area contributed by atoms with E-state index < -0.39 is 0 Å². The van der Waals surface area contributed by atoms with Crippen molar-refractivity contribution in [3.63, 3.8) is 0 Å². The Hall–Kier alpha value is -1.29. The number of nitrogens with one attached hydrogen (secondary N) is 1. The van der Waals surface area contributed by atoms with Crippen molar-refractivity contribution in [3.8, 4) is 0 Å². The summed E-state index contributed by atoms with van der Waals surface area (Å²) >= 11 is 1.53. The number of fused-ring (bicyclic) bond motifs is 1. The minimum Gasteiger partial charge on any atom is -0.349 e. The molecule has 0 aliphatic rings. The van der Waals surface area contributed by atoms with Crippen LogP contribution in [0.5, 0.6) is 0 Å². The summed E-state index contributed by atoms with van der Waals surface area (Å²) in [6.07, 6.45) is 3.55. The second-order valence-electron chi connectivity index (χ2n) is 3.07. The molecule has 0 unspecified atom stereocenters. The van der Waals surface area contributed by atoms with Gasteiger partial charge in [-0.05, 0) is 19.2 Å². The van der Waals surface area contributed by atoms with Crippen molar-refractivity contribution in [2.24, 2.45) is 0 Å². The Bertz CT molecular complexity index is 534. The standard InChI is InChI=1S/C10H10N2OS.C2H6/c1-6-3-8-7(5-11-6)9(13)4-10(12-8)14-2;1-2/h3-5H,1-2H3,(H,12,13);1-2H3. The first kappa shape index (κ1) is 12.8. The number of hydrogen-bond acceptors (Lipinski definition) is 3. The fraction of sp³-hybridized carbons (Fsp3) is 0.333. The molecule has 2 heterocycles. The van der Waals surface area contributed by atoms with E-state index in [9.17, 15) is 4.79 Å². The lowest BCUT2D eigenvalue weighted by atomic mass is 10.2. The van der Waals surface area contributed by atoms with Gasteiger partial charge in [-0.1, -0.05) is 13.8 Å². The summed E-state index contributed by atoms with van der Waals surface area (Å²) in [7, 11) is 0. The van der Waals surface area contributed by atoms with Gasteiger partial charge in [-0.3, -0.25) is 9.78 Å². The normalized spacial score (nSPS) is 9.75. The maximum absolute atomic E-state index is 11.6. The number of nitrogens with zero attached hydrogens (tertiary/aromatic N) is 1. The molecule has 0 saturated heterocycles. The molecule has 86 valence electrons. The number of rotatable bonds is 1. The Balaban J connectivity index is 0.000000606. The Labute approximate surface area is 99.3 Å². The van der Waals surface area contributed by atoms with Gasteiger partial charge in [-0.25, -0.2) is 0 Å². The molecule has 0 aliphatic heterocycles. The second-order valence-corrected chi connectivity index (χ2v) is 3.92. The van der Waals surface area contributed by atoms with Gasteiger partial charge >= 0.3 is 0 Å². The van der Waals surface area contributed by atoms with Crippen molar-refractivity contribution in [1.29, 1.82) is 0 Å². The minimum absolute atomic E-state index is 0.0237. The maximum atomic E-state index is 11.6. The zero-order chi connectivity index (χ0) is 12.1. The van der Waals surface area contributed by atoms with E-state index >= 15 is 0 Å². The van der Waals surface area contributed by atoms with Crippen molar-refractivity contribution >= 4 is 22.7 Å². The van der Waals surface area contributed by atoms with Gasteiger partial charge in [0.15, 0.2) is 5.43 Å². The SMILES string of the molecule is CC.CSc1cc(=O)c2cnc(C)cc2[nH]1. The molecule has 16 heavy (non-hydrogen) atoms. The van der Waals surface area contributed by atoms with Gasteiger partial charge in [0, 0.05) is 18.0 Å². The third-order valence-electron chi connectivity index (χ3n) is 2.05. The Morgan fingerprint density at radius 2 is 2.00 bits per heavy atom. The first-order valence-electron chi connectivity index (χ1n) is 5.24. The molecule has 0 saturated carbocycles. The number of aromatic nitrogens is 2. The number of thioether (sulfide) groups is 1. The Morgan fingerprint density at radius 1 is 1.31 bits per heavy atom. The van der Waals surface area contributed by atoms with Gasteiger partial charge in [0.1, 0.15) is 0 Å². The summed E-state index contributed by atoms with van der Waals surface area (Å²) in [6.45, 7) is 5.91. The van der Waals surface area contributed by atoms with E-state index in [1.807, 2.05) is 33.1 Å². The zero-order valence-electron chi connectivity index (χ0n) is 10.00. The van der Waals surface area contributed by atoms with Crippen molar-refractivity contribution in [1.82, 2.24) is 9.97 Å². The molecule has 0 aromatic carbocycles. The van der Waals surface area contributed by atoms with Crippen molar-refractivity contribution < 1.29 is 0 Å². The first-order valence-corrected chi connectivity index (χ1v) is 6.47. The van der Waals surface area contributed by atoms with E-state index in [0.29, 0.717) is 5.39 Å². The molecule has 0 fully saturated rings. The molecule has 2 aromatic rings. The maximum Gasteiger partial charge on any atom is 0.192 e. The van der Waals surface area contributed by atoms with Crippen LogP contribution in [0.1, 0.15) is 19.5 Å². The van der Waals surface area contributed by atoms with Gasteiger partial charge in [0.25, 0.3) is 0 Å². The molecule has 4 heteroatoms. The predicted molar refractivity (Wildman–Crippen MR) is 70.2 cm³/mol. The van der Waals surface area contributed by atoms with Gasteiger partial charge in [0.05, 0.1) is 15.9 Å². The average Bonchev–Trinajstić information content (AvgIpc) is 2.30. The van der Waals surface area contributed by atoms with E-state index in [1.165, 1.54) is 11.8 Å². The van der Waals surface area contributed by atoms with Crippen molar-refractivity contribution in [3.05, 3.63) is 34.2 Å². The molecule has 2 rings (SSSR count). The Kier molecular flexibility index (Phi) is 4.55. The number of hydrogen-bond donors (Lipinski definition) is 1. The number of aryl methyl sites for hydroxylation is 1. The molecule has 2 aromatic heterocycles. The fourth-order valence-corrected chi connectivity index (χ4v) is 1.77. The highest BCUT2D eigenvalue weighted by molar-refractivity contribution is 7.98. The summed E-state index contributed by atoms with van der Waals surface area (Å²) < 4.78 is 0. The highest BCUT2D eigenvalue weighted by atomic mass is 32.2. The fourth-order valence-electron chi connectivity index (χ4n) is 1.34. The molecule has 1 N–H and O–H groups in total. The van der Waals surface area contributed by atoms with E-state index in [4.69, 9.17) is 0 Å². The molecular formula is C12H16N2OS. The second kappa shape index (κ2) is 5.70.